The van der Waals surface area contributed by atoms with Crippen LogP contribution >= 0.6 is 0 Å². The van der Waals surface area contributed by atoms with Crippen molar-refractivity contribution in [3.8, 4) is 17.2 Å². The van der Waals surface area contributed by atoms with E-state index in [1.165, 1.54) is 26.2 Å². The summed E-state index contributed by atoms with van der Waals surface area (Å²) in [5.41, 5.74) is 0.931. The average molecular weight is 456 g/mol. The molecule has 1 amide bonds. The van der Waals surface area contributed by atoms with Gasteiger partial charge in [0, 0.05) is 30.8 Å². The number of ketones is 1. The van der Waals surface area contributed by atoms with E-state index >= 15 is 0 Å². The van der Waals surface area contributed by atoms with Crippen molar-refractivity contribution in [3.05, 3.63) is 59.2 Å². The molecule has 1 aliphatic rings. The highest BCUT2D eigenvalue weighted by Crippen LogP contribution is 2.43. The fourth-order valence-corrected chi connectivity index (χ4v) is 3.79. The fourth-order valence-electron chi connectivity index (χ4n) is 3.79. The quantitative estimate of drug-likeness (QED) is 0.351. The van der Waals surface area contributed by atoms with Crippen molar-refractivity contribution < 1.29 is 33.6 Å². The average Bonchev–Trinajstić information content (AvgIpc) is 3.06. The normalized spacial score (nSPS) is 17.5. The molecular weight excluding hydrogens is 426 g/mol. The monoisotopic (exact) mass is 455 g/mol. The molecule has 0 radical (unpaired) electrons. The van der Waals surface area contributed by atoms with Crippen molar-refractivity contribution in [3.63, 3.8) is 0 Å². The minimum Gasteiger partial charge on any atom is -0.507 e. The molecule has 8 heteroatoms. The lowest BCUT2D eigenvalue weighted by Crippen LogP contribution is -2.32. The molecule has 33 heavy (non-hydrogen) atoms. The molecule has 1 atom stereocenters. The number of aliphatic hydroxyl groups is 1. The molecule has 2 aromatic carbocycles. The van der Waals surface area contributed by atoms with Gasteiger partial charge in [0.15, 0.2) is 0 Å². The Morgan fingerprint density at radius 2 is 1.67 bits per heavy atom. The number of methoxy groups -OCH3 is 3. The van der Waals surface area contributed by atoms with E-state index in [-0.39, 0.29) is 30.6 Å². The summed E-state index contributed by atoms with van der Waals surface area (Å²) in [7, 11) is 4.54. The molecule has 0 bridgehead atoms. The lowest BCUT2D eigenvalue weighted by molar-refractivity contribution is -0.140. The van der Waals surface area contributed by atoms with Gasteiger partial charge in [0.2, 0.25) is 0 Å². The molecule has 8 nitrogen and oxygen atoms in total. The zero-order chi connectivity index (χ0) is 24.1. The van der Waals surface area contributed by atoms with E-state index in [2.05, 4.69) is 0 Å². The Balaban J connectivity index is 2.14. The summed E-state index contributed by atoms with van der Waals surface area (Å²) in [5, 5.41) is 11.2. The summed E-state index contributed by atoms with van der Waals surface area (Å²) in [6, 6.07) is 11.0. The SMILES string of the molecule is COCCN1C(=O)C(=O)C(=C(O)c2ccc(OC(C)C)cc2)[C@@H]1c1ccc(OC)cc1OC. The zero-order valence-corrected chi connectivity index (χ0v) is 19.5. The van der Waals surface area contributed by atoms with Crippen LogP contribution in [-0.2, 0) is 14.3 Å². The Labute approximate surface area is 193 Å². The molecule has 0 saturated carbocycles. The molecule has 176 valence electrons. The molecule has 0 spiro atoms. The predicted molar refractivity (Wildman–Crippen MR) is 123 cm³/mol. The molecule has 1 saturated heterocycles. The van der Waals surface area contributed by atoms with Gasteiger partial charge in [0.25, 0.3) is 11.7 Å². The summed E-state index contributed by atoms with van der Waals surface area (Å²) in [6.45, 7) is 4.22. The smallest absolute Gasteiger partial charge is 0.295 e. The molecule has 0 unspecified atom stereocenters. The van der Waals surface area contributed by atoms with Crippen LogP contribution in [0.3, 0.4) is 0 Å². The summed E-state index contributed by atoms with van der Waals surface area (Å²) in [6.07, 6.45) is -0.00177. The molecule has 0 aliphatic carbocycles. The van der Waals surface area contributed by atoms with Gasteiger partial charge in [-0.3, -0.25) is 9.59 Å². The largest absolute Gasteiger partial charge is 0.507 e. The number of amides is 1. The second-order valence-electron chi connectivity index (χ2n) is 7.78. The van der Waals surface area contributed by atoms with Crippen molar-refractivity contribution in [1.82, 2.24) is 4.90 Å². The van der Waals surface area contributed by atoms with E-state index in [9.17, 15) is 14.7 Å². The van der Waals surface area contributed by atoms with Gasteiger partial charge >= 0.3 is 0 Å². The molecule has 0 aromatic heterocycles. The molecular formula is C25H29NO7. The number of carbonyl (C=O) groups excluding carboxylic acids is 2. The van der Waals surface area contributed by atoms with Crippen LogP contribution in [0.1, 0.15) is 31.0 Å². The first kappa shape index (κ1) is 24.1. The van der Waals surface area contributed by atoms with E-state index < -0.39 is 17.7 Å². The topological polar surface area (TPSA) is 94.5 Å². The van der Waals surface area contributed by atoms with E-state index in [4.69, 9.17) is 18.9 Å². The minimum absolute atomic E-state index is 0.00177. The van der Waals surface area contributed by atoms with Gasteiger partial charge in [-0.25, -0.2) is 0 Å². The summed E-state index contributed by atoms with van der Waals surface area (Å²) >= 11 is 0. The number of hydrogen-bond donors (Lipinski definition) is 1. The van der Waals surface area contributed by atoms with E-state index in [1.54, 1.807) is 42.5 Å². The van der Waals surface area contributed by atoms with Gasteiger partial charge in [-0.1, -0.05) is 0 Å². The maximum Gasteiger partial charge on any atom is 0.295 e. The highest BCUT2D eigenvalue weighted by Gasteiger charge is 2.47. The number of nitrogens with zero attached hydrogens (tertiary/aromatic N) is 1. The van der Waals surface area contributed by atoms with Gasteiger partial charge in [0.05, 0.1) is 38.5 Å². The molecule has 1 heterocycles. The van der Waals surface area contributed by atoms with Crippen molar-refractivity contribution in [2.24, 2.45) is 0 Å². The molecule has 3 rings (SSSR count). The van der Waals surface area contributed by atoms with Crippen LogP contribution in [0.4, 0.5) is 0 Å². The van der Waals surface area contributed by atoms with Crippen molar-refractivity contribution in [2.45, 2.75) is 26.0 Å². The third-order valence-electron chi connectivity index (χ3n) is 5.31. The minimum atomic E-state index is -0.854. The van der Waals surface area contributed by atoms with Crippen LogP contribution in [-0.4, -0.2) is 62.3 Å². The Bertz CT molecular complexity index is 1040. The highest BCUT2D eigenvalue weighted by atomic mass is 16.5. The molecule has 1 fully saturated rings. The van der Waals surface area contributed by atoms with Crippen LogP contribution in [0.2, 0.25) is 0 Å². The maximum absolute atomic E-state index is 13.1. The Hall–Kier alpha value is -3.52. The number of benzene rings is 2. The number of likely N-dealkylation sites (tertiary alicyclic amines) is 1. The number of rotatable bonds is 9. The second kappa shape index (κ2) is 10.4. The van der Waals surface area contributed by atoms with Crippen LogP contribution in [0, 0.1) is 0 Å². The van der Waals surface area contributed by atoms with E-state index in [0.29, 0.717) is 28.4 Å². The van der Waals surface area contributed by atoms with Crippen molar-refractivity contribution in [1.29, 1.82) is 0 Å². The standard InChI is InChI=1S/C25H29NO7/c1-15(2)33-17-8-6-16(7-9-17)23(27)21-22(26(12-13-30-3)25(29)24(21)28)19-11-10-18(31-4)14-20(19)32-5/h6-11,14-15,22,27H,12-13H2,1-5H3/t22-/m0/s1. The van der Waals surface area contributed by atoms with Crippen LogP contribution in [0.15, 0.2) is 48.0 Å². The van der Waals surface area contributed by atoms with Gasteiger partial charge in [-0.15, -0.1) is 0 Å². The lowest BCUT2D eigenvalue weighted by atomic mass is 9.94. The fraction of sp³-hybridized carbons (Fsp3) is 0.360. The number of carbonyl (C=O) groups is 2. The van der Waals surface area contributed by atoms with Crippen LogP contribution < -0.4 is 14.2 Å². The number of Topliss-reactive ketones (excluding diaryl/α,β-unsaturated/α-hetero) is 1. The summed E-state index contributed by atoms with van der Waals surface area (Å²) in [4.78, 5) is 27.4. The van der Waals surface area contributed by atoms with E-state index in [1.807, 2.05) is 13.8 Å². The maximum atomic E-state index is 13.1. The Kier molecular flexibility index (Phi) is 7.60. The van der Waals surface area contributed by atoms with Crippen LogP contribution in [0.25, 0.3) is 5.76 Å². The highest BCUT2D eigenvalue weighted by molar-refractivity contribution is 6.46. The second-order valence-corrected chi connectivity index (χ2v) is 7.78. The van der Waals surface area contributed by atoms with Gasteiger partial charge < -0.3 is 29.0 Å². The summed E-state index contributed by atoms with van der Waals surface area (Å²) in [5.74, 6) is -0.131. The third kappa shape index (κ3) is 4.96. The number of hydrogen-bond acceptors (Lipinski definition) is 7. The zero-order valence-electron chi connectivity index (χ0n) is 19.5. The molecule has 1 aliphatic heterocycles. The van der Waals surface area contributed by atoms with Crippen LogP contribution in [0.5, 0.6) is 17.2 Å². The predicted octanol–water partition coefficient (Wildman–Crippen LogP) is 3.56. The first-order valence-electron chi connectivity index (χ1n) is 10.6. The Morgan fingerprint density at radius 3 is 2.24 bits per heavy atom. The number of aliphatic hydroxyl groups excluding tert-OH is 1. The lowest BCUT2D eigenvalue weighted by Gasteiger charge is -2.26. The molecule has 2 aromatic rings. The van der Waals surface area contributed by atoms with E-state index in [0.717, 1.165) is 0 Å². The first-order valence-corrected chi connectivity index (χ1v) is 10.6. The Morgan fingerprint density at radius 1 is 1.00 bits per heavy atom. The number of ether oxygens (including phenoxy) is 4. The first-order chi connectivity index (χ1) is 15.8. The van der Waals surface area contributed by atoms with Gasteiger partial charge in [-0.05, 0) is 50.2 Å². The van der Waals surface area contributed by atoms with Crippen molar-refractivity contribution >= 4 is 17.4 Å². The van der Waals surface area contributed by atoms with Gasteiger partial charge in [-0.2, -0.15) is 0 Å². The third-order valence-corrected chi connectivity index (χ3v) is 5.31. The molecule has 1 N–H and O–H groups in total. The summed E-state index contributed by atoms with van der Waals surface area (Å²) < 4.78 is 21.6. The van der Waals surface area contributed by atoms with Gasteiger partial charge in [0.1, 0.15) is 23.0 Å². The van der Waals surface area contributed by atoms with Crippen molar-refractivity contribution in [2.75, 3.05) is 34.5 Å².